The normalized spacial score (nSPS) is 10.5. The number of anilines is 1. The van der Waals surface area contributed by atoms with Crippen molar-refractivity contribution >= 4 is 34.7 Å². The van der Waals surface area contributed by atoms with E-state index in [0.29, 0.717) is 0 Å². The maximum absolute atomic E-state index is 11.0. The molecule has 1 N–H and O–H groups in total. The van der Waals surface area contributed by atoms with Gasteiger partial charge in [0.1, 0.15) is 0 Å². The molecule has 0 spiro atoms. The summed E-state index contributed by atoms with van der Waals surface area (Å²) in [5, 5.41) is 6.06. The minimum Gasteiger partial charge on any atom is -0.326 e. The van der Waals surface area contributed by atoms with Crippen LogP contribution in [0.15, 0.2) is 64.9 Å². The van der Waals surface area contributed by atoms with E-state index in [1.807, 2.05) is 30.3 Å². The highest BCUT2D eigenvalue weighted by atomic mass is 32.2. The van der Waals surface area contributed by atoms with Crippen LogP contribution in [0, 0.1) is 0 Å². The SMILES string of the molecule is CC(=O)Nc1ccc(SCc2csc(Cc3ccccc3)n2)cc1. The first kappa shape index (κ1) is 16.7. The number of hydrogen-bond donors (Lipinski definition) is 1. The molecule has 0 radical (unpaired) electrons. The van der Waals surface area contributed by atoms with Crippen molar-refractivity contribution in [1.29, 1.82) is 0 Å². The van der Waals surface area contributed by atoms with Crippen LogP contribution in [0.2, 0.25) is 0 Å². The lowest BCUT2D eigenvalue weighted by molar-refractivity contribution is -0.114. The molecule has 1 heterocycles. The number of nitrogens with one attached hydrogen (secondary N) is 1. The van der Waals surface area contributed by atoms with Gasteiger partial charge >= 0.3 is 0 Å². The largest absolute Gasteiger partial charge is 0.326 e. The second-order valence-corrected chi connectivity index (χ2v) is 7.38. The molecule has 3 nitrogen and oxygen atoms in total. The molecule has 1 amide bonds. The zero-order chi connectivity index (χ0) is 16.8. The Morgan fingerprint density at radius 1 is 1.12 bits per heavy atom. The van der Waals surface area contributed by atoms with Crippen molar-refractivity contribution in [2.75, 3.05) is 5.32 Å². The Morgan fingerprint density at radius 3 is 2.58 bits per heavy atom. The van der Waals surface area contributed by atoms with E-state index in [9.17, 15) is 4.79 Å². The third-order valence-electron chi connectivity index (χ3n) is 3.36. The summed E-state index contributed by atoms with van der Waals surface area (Å²) in [5.74, 6) is 0.800. The molecule has 0 atom stereocenters. The maximum atomic E-state index is 11.0. The van der Waals surface area contributed by atoms with Gasteiger partial charge in [0.05, 0.1) is 10.7 Å². The smallest absolute Gasteiger partial charge is 0.221 e. The Balaban J connectivity index is 1.54. The Hall–Kier alpha value is -2.11. The number of thioether (sulfide) groups is 1. The summed E-state index contributed by atoms with van der Waals surface area (Å²) in [4.78, 5) is 16.9. The van der Waals surface area contributed by atoms with E-state index in [1.54, 1.807) is 23.1 Å². The van der Waals surface area contributed by atoms with Gasteiger partial charge in [0, 0.05) is 35.1 Å². The average Bonchev–Trinajstić information content (AvgIpc) is 3.02. The number of aromatic nitrogens is 1. The van der Waals surface area contributed by atoms with Crippen molar-refractivity contribution in [3.63, 3.8) is 0 Å². The van der Waals surface area contributed by atoms with Gasteiger partial charge in [-0.2, -0.15) is 0 Å². The monoisotopic (exact) mass is 354 g/mol. The van der Waals surface area contributed by atoms with Crippen molar-refractivity contribution < 1.29 is 4.79 Å². The second kappa shape index (κ2) is 8.13. The van der Waals surface area contributed by atoms with Crippen LogP contribution >= 0.6 is 23.1 Å². The molecule has 0 fully saturated rings. The lowest BCUT2D eigenvalue weighted by atomic mass is 10.2. The predicted molar refractivity (Wildman–Crippen MR) is 102 cm³/mol. The molecule has 2 aromatic carbocycles. The fraction of sp³-hybridized carbons (Fsp3) is 0.158. The maximum Gasteiger partial charge on any atom is 0.221 e. The average molecular weight is 354 g/mol. The Morgan fingerprint density at radius 2 is 1.88 bits per heavy atom. The van der Waals surface area contributed by atoms with Crippen molar-refractivity contribution in [1.82, 2.24) is 4.98 Å². The van der Waals surface area contributed by atoms with E-state index in [1.165, 1.54) is 17.4 Å². The number of benzene rings is 2. The predicted octanol–water partition coefficient (Wildman–Crippen LogP) is 4.98. The van der Waals surface area contributed by atoms with Gasteiger partial charge in [0.25, 0.3) is 0 Å². The Labute approximate surface area is 150 Å². The molecule has 1 aromatic heterocycles. The summed E-state index contributed by atoms with van der Waals surface area (Å²) in [6, 6.07) is 18.3. The van der Waals surface area contributed by atoms with E-state index >= 15 is 0 Å². The van der Waals surface area contributed by atoms with Gasteiger partial charge in [0.15, 0.2) is 0 Å². The summed E-state index contributed by atoms with van der Waals surface area (Å²) in [7, 11) is 0. The minimum atomic E-state index is -0.0520. The van der Waals surface area contributed by atoms with E-state index in [2.05, 4.69) is 35.0 Å². The van der Waals surface area contributed by atoms with Crippen LogP contribution in [0.5, 0.6) is 0 Å². The number of nitrogens with zero attached hydrogens (tertiary/aromatic N) is 1. The van der Waals surface area contributed by atoms with E-state index in [0.717, 1.165) is 28.6 Å². The van der Waals surface area contributed by atoms with E-state index < -0.39 is 0 Å². The Kier molecular flexibility index (Phi) is 5.67. The first-order chi connectivity index (χ1) is 11.7. The van der Waals surface area contributed by atoms with Crippen LogP contribution in [0.25, 0.3) is 0 Å². The molecule has 0 saturated heterocycles. The van der Waals surface area contributed by atoms with Gasteiger partial charge in [-0.05, 0) is 29.8 Å². The van der Waals surface area contributed by atoms with Crippen molar-refractivity contribution in [3.8, 4) is 0 Å². The van der Waals surface area contributed by atoms with Crippen LogP contribution in [0.1, 0.15) is 23.2 Å². The lowest BCUT2D eigenvalue weighted by Crippen LogP contribution is -2.05. The number of carbonyl (C=O) groups excluding carboxylic acids is 1. The molecule has 3 aromatic rings. The fourth-order valence-electron chi connectivity index (χ4n) is 2.26. The van der Waals surface area contributed by atoms with Crippen LogP contribution < -0.4 is 5.32 Å². The highest BCUT2D eigenvalue weighted by molar-refractivity contribution is 7.98. The summed E-state index contributed by atoms with van der Waals surface area (Å²) < 4.78 is 0. The van der Waals surface area contributed by atoms with Crippen molar-refractivity contribution in [2.45, 2.75) is 24.0 Å². The molecule has 3 rings (SSSR count). The molecule has 24 heavy (non-hydrogen) atoms. The highest BCUT2D eigenvalue weighted by Crippen LogP contribution is 2.25. The standard InChI is InChI=1S/C19H18N2OS2/c1-14(22)20-16-7-9-18(10-8-16)23-12-17-13-24-19(21-17)11-15-5-3-2-4-6-15/h2-10,13H,11-12H2,1H3,(H,20,22). The quantitative estimate of drug-likeness (QED) is 0.635. The van der Waals surface area contributed by atoms with Gasteiger partial charge in [-0.15, -0.1) is 23.1 Å². The summed E-state index contributed by atoms with van der Waals surface area (Å²) in [5.41, 5.74) is 3.23. The second-order valence-electron chi connectivity index (χ2n) is 5.39. The highest BCUT2D eigenvalue weighted by Gasteiger charge is 2.04. The van der Waals surface area contributed by atoms with E-state index in [-0.39, 0.29) is 5.91 Å². The molecule has 0 bridgehead atoms. The van der Waals surface area contributed by atoms with Gasteiger partial charge in [-0.3, -0.25) is 4.79 Å². The van der Waals surface area contributed by atoms with Crippen LogP contribution in [-0.4, -0.2) is 10.9 Å². The Bertz CT molecular complexity index is 798. The molecule has 122 valence electrons. The summed E-state index contributed by atoms with van der Waals surface area (Å²) >= 11 is 3.47. The molecular weight excluding hydrogens is 336 g/mol. The van der Waals surface area contributed by atoms with Gasteiger partial charge in [-0.1, -0.05) is 30.3 Å². The molecule has 0 aliphatic carbocycles. The topological polar surface area (TPSA) is 42.0 Å². The zero-order valence-electron chi connectivity index (χ0n) is 13.4. The zero-order valence-corrected chi connectivity index (χ0v) is 15.0. The molecule has 0 aliphatic rings. The molecular formula is C19H18N2OS2. The summed E-state index contributed by atoms with van der Waals surface area (Å²) in [6.07, 6.45) is 0.890. The number of carbonyl (C=O) groups is 1. The first-order valence-corrected chi connectivity index (χ1v) is 9.53. The van der Waals surface area contributed by atoms with Crippen molar-refractivity contribution in [2.24, 2.45) is 0 Å². The van der Waals surface area contributed by atoms with Crippen molar-refractivity contribution in [3.05, 3.63) is 76.2 Å². The van der Waals surface area contributed by atoms with Crippen LogP contribution in [-0.2, 0) is 17.0 Å². The molecule has 0 unspecified atom stereocenters. The van der Waals surface area contributed by atoms with Gasteiger partial charge < -0.3 is 5.32 Å². The number of hydrogen-bond acceptors (Lipinski definition) is 4. The number of thiazole rings is 1. The molecule has 0 saturated carbocycles. The summed E-state index contributed by atoms with van der Waals surface area (Å²) in [6.45, 7) is 1.51. The molecule has 5 heteroatoms. The van der Waals surface area contributed by atoms with Crippen LogP contribution in [0.4, 0.5) is 5.69 Å². The van der Waals surface area contributed by atoms with Crippen LogP contribution in [0.3, 0.4) is 0 Å². The minimum absolute atomic E-state index is 0.0520. The third-order valence-corrected chi connectivity index (χ3v) is 5.30. The lowest BCUT2D eigenvalue weighted by Gasteiger charge is -2.03. The first-order valence-electron chi connectivity index (χ1n) is 7.67. The van der Waals surface area contributed by atoms with E-state index in [4.69, 9.17) is 4.98 Å². The fourth-order valence-corrected chi connectivity index (χ4v) is 3.99. The van der Waals surface area contributed by atoms with Gasteiger partial charge in [0.2, 0.25) is 5.91 Å². The number of amides is 1. The molecule has 0 aliphatic heterocycles. The third kappa shape index (κ3) is 4.94. The number of rotatable bonds is 6. The van der Waals surface area contributed by atoms with Gasteiger partial charge in [-0.25, -0.2) is 4.98 Å².